The smallest absolute Gasteiger partial charge is 0.340 e. The maximum Gasteiger partial charge on any atom is 0.340 e. The van der Waals surface area contributed by atoms with E-state index in [9.17, 15) is 9.59 Å². The maximum absolute atomic E-state index is 11.8. The van der Waals surface area contributed by atoms with Crippen molar-refractivity contribution in [2.45, 2.75) is 13.0 Å². The van der Waals surface area contributed by atoms with Crippen LogP contribution >= 0.6 is 0 Å². The summed E-state index contributed by atoms with van der Waals surface area (Å²) in [7, 11) is 4.59. The summed E-state index contributed by atoms with van der Waals surface area (Å²) in [5, 5.41) is 2.92. The van der Waals surface area contributed by atoms with E-state index in [0.717, 1.165) is 0 Å². The molecule has 0 aliphatic carbocycles. The Balaban J connectivity index is 3.01. The molecule has 1 unspecified atom stereocenters. The number of nitrogen functional groups attached to an aromatic ring is 1. The summed E-state index contributed by atoms with van der Waals surface area (Å²) in [5.41, 5.74) is 6.19. The van der Waals surface area contributed by atoms with Crippen molar-refractivity contribution in [1.29, 1.82) is 0 Å². The fourth-order valence-electron chi connectivity index (χ4n) is 1.55. The van der Waals surface area contributed by atoms with Gasteiger partial charge in [-0.25, -0.2) is 9.78 Å². The van der Waals surface area contributed by atoms with Crippen LogP contribution in [0.25, 0.3) is 0 Å². The summed E-state index contributed by atoms with van der Waals surface area (Å²) in [6.45, 7) is 1.69. The largest absolute Gasteiger partial charge is 0.465 e. The quantitative estimate of drug-likeness (QED) is 0.763. The summed E-state index contributed by atoms with van der Waals surface area (Å²) >= 11 is 0. The molecule has 0 fully saturated rings. The second kappa shape index (κ2) is 6.03. The van der Waals surface area contributed by atoms with Crippen molar-refractivity contribution in [3.05, 3.63) is 17.8 Å². The van der Waals surface area contributed by atoms with Crippen LogP contribution in [0, 0.1) is 0 Å². The van der Waals surface area contributed by atoms with Crippen LogP contribution in [-0.2, 0) is 9.53 Å². The van der Waals surface area contributed by atoms with Crippen LogP contribution in [0.1, 0.15) is 17.3 Å². The molecule has 0 spiro atoms. The number of carbonyl (C=O) groups excluding carboxylic acids is 2. The van der Waals surface area contributed by atoms with Gasteiger partial charge in [-0.05, 0) is 13.0 Å². The van der Waals surface area contributed by atoms with Crippen LogP contribution in [0.3, 0.4) is 0 Å². The zero-order chi connectivity index (χ0) is 14.6. The van der Waals surface area contributed by atoms with Gasteiger partial charge in [0.2, 0.25) is 5.91 Å². The minimum absolute atomic E-state index is 0.118. The van der Waals surface area contributed by atoms with Crippen LogP contribution in [0.4, 0.5) is 11.5 Å². The fraction of sp³-hybridized carbons (Fsp3) is 0.417. The lowest BCUT2D eigenvalue weighted by molar-refractivity contribution is -0.129. The van der Waals surface area contributed by atoms with E-state index in [2.05, 4.69) is 15.0 Å². The zero-order valence-corrected chi connectivity index (χ0v) is 11.4. The second-order valence-electron chi connectivity index (χ2n) is 4.25. The predicted molar refractivity (Wildman–Crippen MR) is 71.8 cm³/mol. The van der Waals surface area contributed by atoms with E-state index in [4.69, 9.17) is 5.73 Å². The molecule has 19 heavy (non-hydrogen) atoms. The number of likely N-dealkylation sites (N-methyl/N-ethyl adjacent to an activating group) is 1. The SMILES string of the molecule is COC(=O)c1cc(N)ncc1NC(C)C(=O)N(C)C. The van der Waals surface area contributed by atoms with Gasteiger partial charge in [-0.15, -0.1) is 0 Å². The third-order valence-electron chi connectivity index (χ3n) is 2.51. The second-order valence-corrected chi connectivity index (χ2v) is 4.25. The van der Waals surface area contributed by atoms with Gasteiger partial charge in [0.1, 0.15) is 11.9 Å². The maximum atomic E-state index is 11.8. The number of rotatable bonds is 4. The van der Waals surface area contributed by atoms with Gasteiger partial charge >= 0.3 is 5.97 Å². The number of esters is 1. The number of methoxy groups -OCH3 is 1. The number of nitrogens with zero attached hydrogens (tertiary/aromatic N) is 2. The molecule has 1 rings (SSSR count). The first kappa shape index (κ1) is 14.7. The van der Waals surface area contributed by atoms with E-state index in [1.807, 2.05) is 0 Å². The number of ether oxygens (including phenoxy) is 1. The molecule has 0 aliphatic heterocycles. The first-order valence-corrected chi connectivity index (χ1v) is 5.68. The van der Waals surface area contributed by atoms with Gasteiger partial charge in [-0.3, -0.25) is 4.79 Å². The molecule has 104 valence electrons. The van der Waals surface area contributed by atoms with Crippen LogP contribution < -0.4 is 11.1 Å². The van der Waals surface area contributed by atoms with E-state index < -0.39 is 12.0 Å². The summed E-state index contributed by atoms with van der Waals surface area (Å²) in [6, 6.07) is 0.907. The van der Waals surface area contributed by atoms with Crippen LogP contribution in [-0.4, -0.2) is 49.0 Å². The minimum atomic E-state index is -0.541. The van der Waals surface area contributed by atoms with Crippen molar-refractivity contribution in [2.24, 2.45) is 0 Å². The van der Waals surface area contributed by atoms with Crippen molar-refractivity contribution in [3.8, 4) is 0 Å². The first-order chi connectivity index (χ1) is 8.86. The summed E-state index contributed by atoms with van der Waals surface area (Å²) < 4.78 is 4.66. The summed E-state index contributed by atoms with van der Waals surface area (Å²) in [6.07, 6.45) is 1.40. The molecule has 3 N–H and O–H groups in total. The lowest BCUT2D eigenvalue weighted by atomic mass is 10.2. The molecular formula is C12H18N4O3. The third-order valence-corrected chi connectivity index (χ3v) is 2.51. The Morgan fingerprint density at radius 3 is 2.63 bits per heavy atom. The Hall–Kier alpha value is -2.31. The van der Waals surface area contributed by atoms with Crippen LogP contribution in [0.15, 0.2) is 12.3 Å². The average molecular weight is 266 g/mol. The van der Waals surface area contributed by atoms with Crippen molar-refractivity contribution in [1.82, 2.24) is 9.88 Å². The Morgan fingerprint density at radius 2 is 2.11 bits per heavy atom. The Labute approximate surface area is 111 Å². The molecule has 1 amide bonds. The Kier molecular flexibility index (Phi) is 4.68. The monoisotopic (exact) mass is 266 g/mol. The molecule has 7 heteroatoms. The molecule has 1 aromatic heterocycles. The number of nitrogens with two attached hydrogens (primary N) is 1. The van der Waals surface area contributed by atoms with Crippen molar-refractivity contribution in [3.63, 3.8) is 0 Å². The van der Waals surface area contributed by atoms with Crippen molar-refractivity contribution >= 4 is 23.4 Å². The summed E-state index contributed by atoms with van der Waals surface area (Å²) in [5.74, 6) is -0.453. The lowest BCUT2D eigenvalue weighted by Gasteiger charge is -2.20. The molecule has 7 nitrogen and oxygen atoms in total. The predicted octanol–water partition coefficient (Wildman–Crippen LogP) is 0.339. The van der Waals surface area contributed by atoms with Gasteiger partial charge in [0.15, 0.2) is 0 Å². The van der Waals surface area contributed by atoms with Crippen molar-refractivity contribution < 1.29 is 14.3 Å². The van der Waals surface area contributed by atoms with Gasteiger partial charge in [0.25, 0.3) is 0 Å². The summed E-state index contributed by atoms with van der Waals surface area (Å²) in [4.78, 5) is 28.8. The lowest BCUT2D eigenvalue weighted by Crippen LogP contribution is -2.37. The number of aromatic nitrogens is 1. The topological polar surface area (TPSA) is 97.5 Å². The van der Waals surface area contributed by atoms with E-state index >= 15 is 0 Å². The molecule has 1 heterocycles. The number of pyridine rings is 1. The average Bonchev–Trinajstić information content (AvgIpc) is 2.38. The highest BCUT2D eigenvalue weighted by molar-refractivity contribution is 5.97. The molecule has 1 atom stereocenters. The molecule has 0 saturated carbocycles. The molecular weight excluding hydrogens is 248 g/mol. The Bertz CT molecular complexity index is 488. The van der Waals surface area contributed by atoms with Gasteiger partial charge in [-0.1, -0.05) is 0 Å². The highest BCUT2D eigenvalue weighted by Crippen LogP contribution is 2.18. The van der Waals surface area contributed by atoms with E-state index in [-0.39, 0.29) is 17.3 Å². The van der Waals surface area contributed by atoms with Gasteiger partial charge < -0.3 is 20.7 Å². The van der Waals surface area contributed by atoms with Crippen LogP contribution in [0.2, 0.25) is 0 Å². The highest BCUT2D eigenvalue weighted by Gasteiger charge is 2.19. The van der Waals surface area contributed by atoms with Crippen molar-refractivity contribution in [2.75, 3.05) is 32.3 Å². The van der Waals surface area contributed by atoms with Gasteiger partial charge in [0.05, 0.1) is 24.6 Å². The van der Waals surface area contributed by atoms with Gasteiger partial charge in [0, 0.05) is 14.1 Å². The van der Waals surface area contributed by atoms with E-state index in [0.29, 0.717) is 5.69 Å². The normalized spacial score (nSPS) is 11.6. The third kappa shape index (κ3) is 3.57. The number of anilines is 2. The van der Waals surface area contributed by atoms with Gasteiger partial charge in [-0.2, -0.15) is 0 Å². The number of nitrogens with one attached hydrogen (secondary N) is 1. The molecule has 0 aromatic carbocycles. The minimum Gasteiger partial charge on any atom is -0.465 e. The number of hydrogen-bond donors (Lipinski definition) is 2. The molecule has 1 aromatic rings. The fourth-order valence-corrected chi connectivity index (χ4v) is 1.55. The first-order valence-electron chi connectivity index (χ1n) is 5.68. The van der Waals surface area contributed by atoms with E-state index in [1.165, 1.54) is 24.3 Å². The Morgan fingerprint density at radius 1 is 1.47 bits per heavy atom. The number of carbonyl (C=O) groups is 2. The van der Waals surface area contributed by atoms with E-state index in [1.54, 1.807) is 21.0 Å². The van der Waals surface area contributed by atoms with Crippen LogP contribution in [0.5, 0.6) is 0 Å². The molecule has 0 radical (unpaired) electrons. The highest BCUT2D eigenvalue weighted by atomic mass is 16.5. The number of hydrogen-bond acceptors (Lipinski definition) is 6. The molecule has 0 saturated heterocycles. The molecule has 0 aliphatic rings. The molecule has 0 bridgehead atoms. The standard InChI is InChI=1S/C12H18N4O3/c1-7(11(17)16(2)3)15-9-6-14-10(13)5-8(9)12(18)19-4/h5-7,15H,1-4H3,(H2,13,14). The zero-order valence-electron chi connectivity index (χ0n) is 11.4. The number of amides is 1.